The van der Waals surface area contributed by atoms with Crippen molar-refractivity contribution in [2.75, 3.05) is 16.2 Å². The first kappa shape index (κ1) is 22.4. The second kappa shape index (κ2) is 9.66. The molecule has 6 nitrogen and oxygen atoms in total. The standard InChI is InChI=1S/C24H26N2O4S/c1-18(2)30-22-13-11-20(12-14-22)25-24(27)17-26(21-7-5-4-6-8-21)31(28,29)23-15-9-19(3)10-16-23/h4-16,18H,17H2,1-3H3,(H,25,27). The highest BCUT2D eigenvalue weighted by atomic mass is 32.2. The maximum atomic E-state index is 13.3. The number of carbonyl (C=O) groups excluding carboxylic acids is 1. The molecule has 0 unspecified atom stereocenters. The third kappa shape index (κ3) is 5.86. The van der Waals surface area contributed by atoms with E-state index >= 15 is 0 Å². The number of para-hydroxylation sites is 1. The van der Waals surface area contributed by atoms with Gasteiger partial charge in [0, 0.05) is 5.69 Å². The average molecular weight is 439 g/mol. The van der Waals surface area contributed by atoms with Gasteiger partial charge in [-0.05, 0) is 69.3 Å². The molecule has 0 radical (unpaired) electrons. The van der Waals surface area contributed by atoms with Crippen LogP contribution in [-0.2, 0) is 14.8 Å². The Hall–Kier alpha value is -3.32. The monoisotopic (exact) mass is 438 g/mol. The predicted octanol–water partition coefficient (Wildman–Crippen LogP) is 4.62. The van der Waals surface area contributed by atoms with Gasteiger partial charge in [0.25, 0.3) is 10.0 Å². The minimum absolute atomic E-state index is 0.0480. The van der Waals surface area contributed by atoms with Gasteiger partial charge in [-0.15, -0.1) is 0 Å². The first-order valence-electron chi connectivity index (χ1n) is 9.97. The van der Waals surface area contributed by atoms with Crippen molar-refractivity contribution in [1.29, 1.82) is 0 Å². The minimum Gasteiger partial charge on any atom is -0.491 e. The highest BCUT2D eigenvalue weighted by Gasteiger charge is 2.27. The van der Waals surface area contributed by atoms with E-state index in [-0.39, 0.29) is 17.5 Å². The van der Waals surface area contributed by atoms with Gasteiger partial charge in [-0.1, -0.05) is 35.9 Å². The summed E-state index contributed by atoms with van der Waals surface area (Å²) in [6, 6.07) is 22.1. The molecule has 3 rings (SSSR count). The summed E-state index contributed by atoms with van der Waals surface area (Å²) in [5.41, 5.74) is 1.92. The van der Waals surface area contributed by atoms with Gasteiger partial charge in [0.15, 0.2) is 0 Å². The number of nitrogens with one attached hydrogen (secondary N) is 1. The number of anilines is 2. The summed E-state index contributed by atoms with van der Waals surface area (Å²) in [6.45, 7) is 5.39. The lowest BCUT2D eigenvalue weighted by Crippen LogP contribution is -2.38. The Labute approximate surface area is 183 Å². The first-order valence-corrected chi connectivity index (χ1v) is 11.4. The Kier molecular flexibility index (Phi) is 6.97. The van der Waals surface area contributed by atoms with Crippen molar-refractivity contribution in [3.8, 4) is 5.75 Å². The highest BCUT2D eigenvalue weighted by Crippen LogP contribution is 2.24. The molecule has 0 fully saturated rings. The van der Waals surface area contributed by atoms with E-state index in [9.17, 15) is 13.2 Å². The molecule has 0 bridgehead atoms. The van der Waals surface area contributed by atoms with Crippen LogP contribution in [0.4, 0.5) is 11.4 Å². The number of sulfonamides is 1. The quantitative estimate of drug-likeness (QED) is 0.557. The number of hydrogen-bond donors (Lipinski definition) is 1. The molecule has 0 aliphatic heterocycles. The number of nitrogens with zero attached hydrogens (tertiary/aromatic N) is 1. The lowest BCUT2D eigenvalue weighted by molar-refractivity contribution is -0.114. The molecule has 7 heteroatoms. The fourth-order valence-electron chi connectivity index (χ4n) is 2.97. The van der Waals surface area contributed by atoms with Gasteiger partial charge in [0.1, 0.15) is 12.3 Å². The van der Waals surface area contributed by atoms with Crippen LogP contribution < -0.4 is 14.4 Å². The van der Waals surface area contributed by atoms with Crippen LogP contribution in [0.3, 0.4) is 0 Å². The summed E-state index contributed by atoms with van der Waals surface area (Å²) in [4.78, 5) is 12.9. The summed E-state index contributed by atoms with van der Waals surface area (Å²) in [5.74, 6) is 0.248. The van der Waals surface area contributed by atoms with Gasteiger partial charge in [0.2, 0.25) is 5.91 Å². The Balaban J connectivity index is 1.82. The number of rotatable bonds is 8. The van der Waals surface area contributed by atoms with Crippen LogP contribution in [0.5, 0.6) is 5.75 Å². The average Bonchev–Trinajstić information content (AvgIpc) is 2.74. The number of benzene rings is 3. The summed E-state index contributed by atoms with van der Waals surface area (Å²) in [5, 5.41) is 2.75. The smallest absolute Gasteiger partial charge is 0.264 e. The minimum atomic E-state index is -3.93. The van der Waals surface area contributed by atoms with E-state index in [4.69, 9.17) is 4.74 Å². The SMILES string of the molecule is Cc1ccc(S(=O)(=O)N(CC(=O)Nc2ccc(OC(C)C)cc2)c2ccccc2)cc1. The first-order chi connectivity index (χ1) is 14.8. The van der Waals surface area contributed by atoms with Crippen LogP contribution in [0, 0.1) is 6.92 Å². The zero-order valence-electron chi connectivity index (χ0n) is 17.8. The number of amides is 1. The normalized spacial score (nSPS) is 11.2. The van der Waals surface area contributed by atoms with Crippen LogP contribution in [-0.4, -0.2) is 27.0 Å². The molecule has 0 aromatic heterocycles. The van der Waals surface area contributed by atoms with Crippen molar-refractivity contribution in [2.24, 2.45) is 0 Å². The third-order valence-electron chi connectivity index (χ3n) is 4.45. The summed E-state index contributed by atoms with van der Waals surface area (Å²) in [6.07, 6.45) is 0.0480. The van der Waals surface area contributed by atoms with E-state index in [1.807, 2.05) is 20.8 Å². The van der Waals surface area contributed by atoms with Crippen molar-refractivity contribution < 1.29 is 17.9 Å². The largest absolute Gasteiger partial charge is 0.491 e. The fraction of sp³-hybridized carbons (Fsp3) is 0.208. The Morgan fingerprint density at radius 2 is 1.55 bits per heavy atom. The van der Waals surface area contributed by atoms with E-state index in [1.54, 1.807) is 78.9 Å². The molecule has 3 aromatic rings. The van der Waals surface area contributed by atoms with Crippen LogP contribution >= 0.6 is 0 Å². The van der Waals surface area contributed by atoms with Crippen LogP contribution in [0.1, 0.15) is 19.4 Å². The van der Waals surface area contributed by atoms with Crippen LogP contribution in [0.15, 0.2) is 83.8 Å². The zero-order valence-corrected chi connectivity index (χ0v) is 18.6. The molecule has 0 aliphatic rings. The molecule has 3 aromatic carbocycles. The Morgan fingerprint density at radius 3 is 2.13 bits per heavy atom. The number of ether oxygens (including phenoxy) is 1. The fourth-order valence-corrected chi connectivity index (χ4v) is 4.39. The molecule has 162 valence electrons. The lowest BCUT2D eigenvalue weighted by atomic mass is 10.2. The summed E-state index contributed by atoms with van der Waals surface area (Å²) in [7, 11) is -3.93. The molecule has 0 saturated carbocycles. The van der Waals surface area contributed by atoms with E-state index in [0.717, 1.165) is 9.87 Å². The van der Waals surface area contributed by atoms with Crippen LogP contribution in [0.25, 0.3) is 0 Å². The summed E-state index contributed by atoms with van der Waals surface area (Å²) < 4.78 is 33.3. The van der Waals surface area contributed by atoms with E-state index < -0.39 is 15.9 Å². The topological polar surface area (TPSA) is 75.7 Å². The van der Waals surface area contributed by atoms with Crippen molar-refractivity contribution in [3.05, 3.63) is 84.4 Å². The second-order valence-electron chi connectivity index (χ2n) is 7.40. The van der Waals surface area contributed by atoms with Crippen molar-refractivity contribution in [2.45, 2.75) is 31.8 Å². The molecular formula is C24H26N2O4S. The molecule has 0 heterocycles. The van der Waals surface area contributed by atoms with Crippen molar-refractivity contribution in [3.63, 3.8) is 0 Å². The second-order valence-corrected chi connectivity index (χ2v) is 9.26. The van der Waals surface area contributed by atoms with Crippen LogP contribution in [0.2, 0.25) is 0 Å². The Bertz CT molecular complexity index is 1110. The van der Waals surface area contributed by atoms with E-state index in [2.05, 4.69) is 5.32 Å². The molecular weight excluding hydrogens is 412 g/mol. The van der Waals surface area contributed by atoms with E-state index in [1.165, 1.54) is 0 Å². The molecule has 1 amide bonds. The molecule has 0 atom stereocenters. The predicted molar refractivity (Wildman–Crippen MR) is 123 cm³/mol. The van der Waals surface area contributed by atoms with Gasteiger partial charge in [-0.3, -0.25) is 9.10 Å². The van der Waals surface area contributed by atoms with Crippen molar-refractivity contribution in [1.82, 2.24) is 0 Å². The number of carbonyl (C=O) groups is 1. The molecule has 0 aliphatic carbocycles. The maximum absolute atomic E-state index is 13.3. The third-order valence-corrected chi connectivity index (χ3v) is 6.24. The zero-order chi connectivity index (χ0) is 22.4. The van der Waals surface area contributed by atoms with Gasteiger partial charge < -0.3 is 10.1 Å². The molecule has 31 heavy (non-hydrogen) atoms. The number of aryl methyl sites for hydroxylation is 1. The van der Waals surface area contributed by atoms with Gasteiger partial charge >= 0.3 is 0 Å². The number of hydrogen-bond acceptors (Lipinski definition) is 4. The molecule has 1 N–H and O–H groups in total. The molecule has 0 spiro atoms. The van der Waals surface area contributed by atoms with Gasteiger partial charge in [-0.25, -0.2) is 8.42 Å². The summed E-state index contributed by atoms with van der Waals surface area (Å²) >= 11 is 0. The van der Waals surface area contributed by atoms with Gasteiger partial charge in [0.05, 0.1) is 16.7 Å². The molecule has 0 saturated heterocycles. The van der Waals surface area contributed by atoms with Gasteiger partial charge in [-0.2, -0.15) is 0 Å². The maximum Gasteiger partial charge on any atom is 0.264 e. The van der Waals surface area contributed by atoms with E-state index in [0.29, 0.717) is 17.1 Å². The van der Waals surface area contributed by atoms with Crippen molar-refractivity contribution >= 4 is 27.3 Å². The highest BCUT2D eigenvalue weighted by molar-refractivity contribution is 7.92. The Morgan fingerprint density at radius 1 is 0.935 bits per heavy atom. The lowest BCUT2D eigenvalue weighted by Gasteiger charge is -2.24.